The first-order chi connectivity index (χ1) is 19.4. The molecule has 2 aliphatic rings. The van der Waals surface area contributed by atoms with Crippen molar-refractivity contribution in [3.05, 3.63) is 88.7 Å². The van der Waals surface area contributed by atoms with Gasteiger partial charge in [0, 0.05) is 25.2 Å². The van der Waals surface area contributed by atoms with Crippen molar-refractivity contribution in [2.45, 2.75) is 31.7 Å². The molecule has 2 aliphatic heterocycles. The van der Waals surface area contributed by atoms with E-state index >= 15 is 0 Å². The Hall–Kier alpha value is -4.07. The molecule has 210 valence electrons. The third-order valence-electron chi connectivity index (χ3n) is 7.94. The number of piperidine rings is 1. The number of hydrogen-bond donors (Lipinski definition) is 0. The molecule has 7 nitrogen and oxygen atoms in total. The monoisotopic (exact) mass is 546 g/mol. The van der Waals surface area contributed by atoms with E-state index < -0.39 is 0 Å². The largest absolute Gasteiger partial charge is 0.493 e. The van der Waals surface area contributed by atoms with Gasteiger partial charge < -0.3 is 24.0 Å². The van der Waals surface area contributed by atoms with Crippen LogP contribution in [-0.2, 0) is 17.6 Å². The van der Waals surface area contributed by atoms with Crippen molar-refractivity contribution in [2.24, 2.45) is 5.92 Å². The summed E-state index contributed by atoms with van der Waals surface area (Å²) >= 11 is 0. The Labute approximate surface area is 234 Å². The van der Waals surface area contributed by atoms with Gasteiger partial charge in [-0.05, 0) is 78.3 Å². The second-order valence-electron chi connectivity index (χ2n) is 10.5. The van der Waals surface area contributed by atoms with Crippen molar-refractivity contribution in [3.8, 4) is 17.2 Å². The van der Waals surface area contributed by atoms with Gasteiger partial charge in [-0.1, -0.05) is 24.3 Å². The van der Waals surface area contributed by atoms with Crippen LogP contribution in [0.4, 0.5) is 4.39 Å². The van der Waals surface area contributed by atoms with Crippen molar-refractivity contribution in [3.63, 3.8) is 0 Å². The Morgan fingerprint density at radius 1 is 0.875 bits per heavy atom. The number of methoxy groups -OCH3 is 3. The number of fused-ring (bicyclic) bond motifs is 1. The zero-order valence-corrected chi connectivity index (χ0v) is 23.2. The maximum Gasteiger partial charge on any atom is 0.253 e. The number of carbonyl (C=O) groups is 2. The molecule has 0 aromatic heterocycles. The number of nitrogens with zero attached hydrogens (tertiary/aromatic N) is 2. The molecule has 2 fully saturated rings. The van der Waals surface area contributed by atoms with Crippen LogP contribution in [0.15, 0.2) is 60.7 Å². The van der Waals surface area contributed by atoms with E-state index in [-0.39, 0.29) is 36.0 Å². The van der Waals surface area contributed by atoms with Crippen molar-refractivity contribution < 1.29 is 28.2 Å². The number of likely N-dealkylation sites (tertiary alicyclic amines) is 2. The van der Waals surface area contributed by atoms with Gasteiger partial charge in [0.25, 0.3) is 5.91 Å². The number of carbonyl (C=O) groups excluding carboxylic acids is 2. The van der Waals surface area contributed by atoms with Gasteiger partial charge in [-0.15, -0.1) is 0 Å². The van der Waals surface area contributed by atoms with E-state index in [2.05, 4.69) is 0 Å². The van der Waals surface area contributed by atoms with E-state index in [0.29, 0.717) is 48.9 Å². The maximum absolute atomic E-state index is 13.6. The summed E-state index contributed by atoms with van der Waals surface area (Å²) in [5.74, 6) is 1.48. The van der Waals surface area contributed by atoms with E-state index in [1.165, 1.54) is 12.1 Å². The lowest BCUT2D eigenvalue weighted by molar-refractivity contribution is -0.134. The van der Waals surface area contributed by atoms with Gasteiger partial charge in [0.2, 0.25) is 11.7 Å². The van der Waals surface area contributed by atoms with Gasteiger partial charge in [0.15, 0.2) is 11.5 Å². The first-order valence-electron chi connectivity index (χ1n) is 13.6. The van der Waals surface area contributed by atoms with Gasteiger partial charge in [0.05, 0.1) is 33.8 Å². The highest BCUT2D eigenvalue weighted by Gasteiger charge is 2.42. The first kappa shape index (κ1) is 27.5. The zero-order chi connectivity index (χ0) is 28.2. The molecule has 2 amide bonds. The van der Waals surface area contributed by atoms with Crippen molar-refractivity contribution in [1.29, 1.82) is 0 Å². The van der Waals surface area contributed by atoms with Gasteiger partial charge in [-0.2, -0.15) is 0 Å². The van der Waals surface area contributed by atoms with Crippen LogP contribution in [0.3, 0.4) is 0 Å². The number of benzene rings is 3. The highest BCUT2D eigenvalue weighted by atomic mass is 19.1. The molecule has 2 saturated heterocycles. The number of ether oxygens (including phenoxy) is 3. The lowest BCUT2D eigenvalue weighted by Gasteiger charge is -2.37. The summed E-state index contributed by atoms with van der Waals surface area (Å²) in [6, 6.07) is 17.7. The normalized spacial score (nSPS) is 18.3. The molecule has 0 spiro atoms. The third-order valence-corrected chi connectivity index (χ3v) is 7.94. The summed E-state index contributed by atoms with van der Waals surface area (Å²) in [4.78, 5) is 30.9. The maximum atomic E-state index is 13.6. The van der Waals surface area contributed by atoms with Crippen LogP contribution in [0.2, 0.25) is 0 Å². The summed E-state index contributed by atoms with van der Waals surface area (Å²) in [5, 5.41) is 0. The van der Waals surface area contributed by atoms with Crippen LogP contribution in [0.1, 0.15) is 39.9 Å². The van der Waals surface area contributed by atoms with Crippen molar-refractivity contribution in [2.75, 3.05) is 41.0 Å². The molecule has 0 radical (unpaired) electrons. The third kappa shape index (κ3) is 5.76. The molecule has 8 heteroatoms. The standard InChI is InChI=1S/C32H35FN2O5/c1-38-28-16-23(17-29(39-2)31(28)40-3)18-30(36)35-12-6-10-25-19-34(20-27(25)35)32(37)24-9-4-7-21(14-24)13-22-8-5-11-26(33)15-22/h4-5,7-9,11,14-17,25,27H,6,10,12-13,18-20H2,1-3H3/t25-,27+/m1/s1. The summed E-state index contributed by atoms with van der Waals surface area (Å²) in [6.45, 7) is 1.82. The number of halogens is 1. The van der Waals surface area contributed by atoms with E-state index in [1.807, 2.05) is 52.3 Å². The molecular formula is C32H35FN2O5. The fourth-order valence-electron chi connectivity index (χ4n) is 6.05. The summed E-state index contributed by atoms with van der Waals surface area (Å²) in [7, 11) is 4.66. The fourth-order valence-corrected chi connectivity index (χ4v) is 6.05. The predicted molar refractivity (Wildman–Crippen MR) is 150 cm³/mol. The topological polar surface area (TPSA) is 68.3 Å². The second kappa shape index (κ2) is 12.0. The Bertz CT molecular complexity index is 1370. The lowest BCUT2D eigenvalue weighted by Crippen LogP contribution is -2.49. The predicted octanol–water partition coefficient (Wildman–Crippen LogP) is 4.75. The molecule has 2 heterocycles. The van der Waals surface area contributed by atoms with Crippen LogP contribution in [0.25, 0.3) is 0 Å². The Kier molecular flexibility index (Phi) is 8.24. The summed E-state index contributed by atoms with van der Waals surface area (Å²) in [6.07, 6.45) is 2.65. The SMILES string of the molecule is COc1cc(CC(=O)N2CCC[C@@H]3CN(C(=O)c4cccc(Cc5cccc(F)c5)c4)C[C@@H]32)cc(OC)c1OC. The van der Waals surface area contributed by atoms with Gasteiger partial charge in [0.1, 0.15) is 5.82 Å². The van der Waals surface area contributed by atoms with Crippen LogP contribution in [0, 0.1) is 11.7 Å². The number of rotatable bonds is 8. The first-order valence-corrected chi connectivity index (χ1v) is 13.6. The van der Waals surface area contributed by atoms with E-state index in [4.69, 9.17) is 14.2 Å². The minimum Gasteiger partial charge on any atom is -0.493 e. The molecule has 2 atom stereocenters. The molecule has 0 aliphatic carbocycles. The number of hydrogen-bond acceptors (Lipinski definition) is 5. The smallest absolute Gasteiger partial charge is 0.253 e. The minimum atomic E-state index is -0.270. The molecule has 0 N–H and O–H groups in total. The molecule has 40 heavy (non-hydrogen) atoms. The van der Waals surface area contributed by atoms with Crippen molar-refractivity contribution in [1.82, 2.24) is 9.80 Å². The summed E-state index contributed by atoms with van der Waals surface area (Å²) < 4.78 is 29.9. The summed E-state index contributed by atoms with van der Waals surface area (Å²) in [5.41, 5.74) is 3.21. The number of amides is 2. The van der Waals surface area contributed by atoms with E-state index in [1.54, 1.807) is 27.4 Å². The highest BCUT2D eigenvalue weighted by molar-refractivity contribution is 5.94. The van der Waals surface area contributed by atoms with E-state index in [9.17, 15) is 14.0 Å². The molecular weight excluding hydrogens is 511 g/mol. The molecule has 0 unspecified atom stereocenters. The average Bonchev–Trinajstić information content (AvgIpc) is 3.41. The van der Waals surface area contributed by atoms with Crippen LogP contribution in [0.5, 0.6) is 17.2 Å². The zero-order valence-electron chi connectivity index (χ0n) is 23.2. The van der Waals surface area contributed by atoms with Crippen LogP contribution in [-0.4, -0.2) is 68.6 Å². The quantitative estimate of drug-likeness (QED) is 0.408. The van der Waals surface area contributed by atoms with E-state index in [0.717, 1.165) is 29.5 Å². The average molecular weight is 547 g/mol. The molecule has 3 aromatic carbocycles. The molecule has 0 saturated carbocycles. The minimum absolute atomic E-state index is 0.0114. The molecule has 3 aromatic rings. The van der Waals surface area contributed by atoms with Gasteiger partial charge >= 0.3 is 0 Å². The Morgan fingerprint density at radius 3 is 2.25 bits per heavy atom. The van der Waals surface area contributed by atoms with Crippen LogP contribution < -0.4 is 14.2 Å². The fraction of sp³-hybridized carbons (Fsp3) is 0.375. The van der Waals surface area contributed by atoms with Crippen molar-refractivity contribution >= 4 is 11.8 Å². The Balaban J connectivity index is 1.28. The lowest BCUT2D eigenvalue weighted by atomic mass is 9.91. The van der Waals surface area contributed by atoms with Crippen LogP contribution >= 0.6 is 0 Å². The molecule has 0 bridgehead atoms. The molecule has 5 rings (SSSR count). The Morgan fingerprint density at radius 2 is 1.57 bits per heavy atom. The van der Waals surface area contributed by atoms with Gasteiger partial charge in [-0.25, -0.2) is 4.39 Å². The second-order valence-corrected chi connectivity index (χ2v) is 10.5. The highest BCUT2D eigenvalue weighted by Crippen LogP contribution is 2.39. The van der Waals surface area contributed by atoms with Gasteiger partial charge in [-0.3, -0.25) is 9.59 Å².